The van der Waals surface area contributed by atoms with Crippen molar-refractivity contribution in [2.45, 2.75) is 45.4 Å². The Morgan fingerprint density at radius 3 is 2.42 bits per heavy atom. The van der Waals surface area contributed by atoms with Gasteiger partial charge in [0, 0.05) is 17.8 Å². The summed E-state index contributed by atoms with van der Waals surface area (Å²) in [6, 6.07) is 13.6. The van der Waals surface area contributed by atoms with Gasteiger partial charge in [0.15, 0.2) is 11.0 Å². The van der Waals surface area contributed by atoms with Gasteiger partial charge < -0.3 is 19.9 Å². The third-order valence-electron chi connectivity index (χ3n) is 5.51. The van der Waals surface area contributed by atoms with E-state index in [2.05, 4.69) is 20.8 Å². The number of carbonyl (C=O) groups is 3. The van der Waals surface area contributed by atoms with Crippen LogP contribution in [0.15, 0.2) is 53.7 Å². The smallest absolute Gasteiger partial charge is 0.337 e. The summed E-state index contributed by atoms with van der Waals surface area (Å²) in [7, 11) is 1.31. The van der Waals surface area contributed by atoms with Crippen LogP contribution in [0.4, 0.5) is 5.69 Å². The molecule has 0 aliphatic carbocycles. The number of esters is 1. The Labute approximate surface area is 215 Å². The van der Waals surface area contributed by atoms with Crippen LogP contribution >= 0.6 is 11.8 Å². The molecule has 0 spiro atoms. The van der Waals surface area contributed by atoms with E-state index in [1.165, 1.54) is 18.9 Å². The van der Waals surface area contributed by atoms with E-state index in [4.69, 9.17) is 4.74 Å². The minimum Gasteiger partial charge on any atom is -0.465 e. The number of amides is 2. The van der Waals surface area contributed by atoms with Crippen molar-refractivity contribution in [3.63, 3.8) is 0 Å². The molecule has 190 valence electrons. The summed E-state index contributed by atoms with van der Waals surface area (Å²) >= 11 is 1.25. The molecule has 0 saturated heterocycles. The molecular formula is C26H31N5O4S. The Morgan fingerprint density at radius 1 is 1.06 bits per heavy atom. The second-order valence-corrected chi connectivity index (χ2v) is 9.50. The van der Waals surface area contributed by atoms with E-state index >= 15 is 0 Å². The summed E-state index contributed by atoms with van der Waals surface area (Å²) in [5.74, 6) is -0.0933. The van der Waals surface area contributed by atoms with Gasteiger partial charge in [0.2, 0.25) is 5.91 Å². The van der Waals surface area contributed by atoms with E-state index in [-0.39, 0.29) is 29.5 Å². The second kappa shape index (κ2) is 12.3. The average molecular weight is 510 g/mol. The van der Waals surface area contributed by atoms with Crippen LogP contribution in [0.3, 0.4) is 0 Å². The molecule has 9 nitrogen and oxygen atoms in total. The molecule has 10 heteroatoms. The quantitative estimate of drug-likeness (QED) is 0.310. The number of benzene rings is 2. The molecule has 0 saturated carbocycles. The van der Waals surface area contributed by atoms with Crippen LogP contribution in [-0.2, 0) is 16.1 Å². The molecule has 0 aliphatic rings. The van der Waals surface area contributed by atoms with Crippen molar-refractivity contribution in [2.24, 2.45) is 5.92 Å². The Kier molecular flexibility index (Phi) is 9.24. The maximum atomic E-state index is 12.9. The standard InChI is InChI=1S/C26H31N5O4S/c1-6-31-23(22(16(2)3)28-24(33)18-12-10-17(4)11-13-18)29-30-26(31)36-15-21(32)27-20-9-7-8-19(14-20)25(34)35-5/h7-14,16,22H,6,15H2,1-5H3,(H,27,32)(H,28,33)/t22-/m0/s1. The molecule has 3 rings (SSSR count). The van der Waals surface area contributed by atoms with E-state index in [1.54, 1.807) is 36.4 Å². The predicted molar refractivity (Wildman–Crippen MR) is 139 cm³/mol. The lowest BCUT2D eigenvalue weighted by Crippen LogP contribution is -2.33. The van der Waals surface area contributed by atoms with E-state index in [0.717, 1.165) is 5.56 Å². The maximum Gasteiger partial charge on any atom is 0.337 e. The summed E-state index contributed by atoms with van der Waals surface area (Å²) in [4.78, 5) is 37.1. The Morgan fingerprint density at radius 2 is 1.78 bits per heavy atom. The van der Waals surface area contributed by atoms with E-state index in [1.807, 2.05) is 44.4 Å². The van der Waals surface area contributed by atoms with Gasteiger partial charge in [-0.15, -0.1) is 10.2 Å². The number of aryl methyl sites for hydroxylation is 1. The lowest BCUT2D eigenvalue weighted by Gasteiger charge is -2.22. The molecular weight excluding hydrogens is 478 g/mol. The number of aromatic nitrogens is 3. The van der Waals surface area contributed by atoms with E-state index in [9.17, 15) is 14.4 Å². The zero-order chi connectivity index (χ0) is 26.2. The minimum atomic E-state index is -0.474. The topological polar surface area (TPSA) is 115 Å². The molecule has 2 aromatic carbocycles. The first-order valence-electron chi connectivity index (χ1n) is 11.6. The van der Waals surface area contributed by atoms with E-state index in [0.29, 0.717) is 34.3 Å². The molecule has 0 bridgehead atoms. The lowest BCUT2D eigenvalue weighted by molar-refractivity contribution is -0.113. The van der Waals surface area contributed by atoms with Gasteiger partial charge in [0.25, 0.3) is 5.91 Å². The number of methoxy groups -OCH3 is 1. The molecule has 2 amide bonds. The van der Waals surface area contributed by atoms with Crippen molar-refractivity contribution in [3.05, 3.63) is 71.0 Å². The number of anilines is 1. The number of carbonyl (C=O) groups excluding carboxylic acids is 3. The monoisotopic (exact) mass is 509 g/mol. The van der Waals surface area contributed by atoms with Crippen molar-refractivity contribution in [1.29, 1.82) is 0 Å². The summed E-state index contributed by atoms with van der Waals surface area (Å²) in [6.07, 6.45) is 0. The van der Waals surface area contributed by atoms with Gasteiger partial charge in [-0.1, -0.05) is 49.4 Å². The molecule has 0 aliphatic heterocycles. The summed E-state index contributed by atoms with van der Waals surface area (Å²) < 4.78 is 6.63. The maximum absolute atomic E-state index is 12.9. The number of rotatable bonds is 10. The van der Waals surface area contributed by atoms with Crippen LogP contribution in [-0.4, -0.2) is 45.4 Å². The molecule has 1 atom stereocenters. The first-order valence-corrected chi connectivity index (χ1v) is 12.6. The third kappa shape index (κ3) is 6.72. The van der Waals surface area contributed by atoms with Crippen molar-refractivity contribution < 1.29 is 19.1 Å². The Hall–Kier alpha value is -3.66. The van der Waals surface area contributed by atoms with E-state index < -0.39 is 5.97 Å². The number of thioether (sulfide) groups is 1. The molecule has 36 heavy (non-hydrogen) atoms. The number of nitrogens with one attached hydrogen (secondary N) is 2. The molecule has 0 radical (unpaired) electrons. The number of hydrogen-bond acceptors (Lipinski definition) is 7. The van der Waals surface area contributed by atoms with Gasteiger partial charge >= 0.3 is 5.97 Å². The van der Waals surface area contributed by atoms with Gasteiger partial charge in [-0.25, -0.2) is 4.79 Å². The normalized spacial score (nSPS) is 11.7. The molecule has 2 N–H and O–H groups in total. The van der Waals surface area contributed by atoms with Gasteiger partial charge in [-0.05, 0) is 50.1 Å². The highest BCUT2D eigenvalue weighted by atomic mass is 32.2. The van der Waals surface area contributed by atoms with Crippen molar-refractivity contribution in [3.8, 4) is 0 Å². The highest BCUT2D eigenvalue weighted by Crippen LogP contribution is 2.26. The SMILES string of the molecule is CCn1c(SCC(=O)Nc2cccc(C(=O)OC)c2)nnc1[C@@H](NC(=O)c1ccc(C)cc1)C(C)C. The predicted octanol–water partition coefficient (Wildman–Crippen LogP) is 4.25. The summed E-state index contributed by atoms with van der Waals surface area (Å²) in [5, 5.41) is 15.1. The average Bonchev–Trinajstić information content (AvgIpc) is 3.28. The van der Waals surface area contributed by atoms with Crippen molar-refractivity contribution in [2.75, 3.05) is 18.2 Å². The number of hydrogen-bond donors (Lipinski definition) is 2. The fraction of sp³-hybridized carbons (Fsp3) is 0.346. The highest BCUT2D eigenvalue weighted by Gasteiger charge is 2.26. The first-order chi connectivity index (χ1) is 17.2. The van der Waals surface area contributed by atoms with Gasteiger partial charge in [-0.2, -0.15) is 0 Å². The van der Waals surface area contributed by atoms with Crippen LogP contribution in [0.25, 0.3) is 0 Å². The Balaban J connectivity index is 1.69. The van der Waals surface area contributed by atoms with Gasteiger partial charge in [0.05, 0.1) is 24.5 Å². The zero-order valence-electron chi connectivity index (χ0n) is 21.1. The number of ether oxygens (including phenoxy) is 1. The van der Waals surface area contributed by atoms with Crippen LogP contribution in [0.1, 0.15) is 58.9 Å². The van der Waals surface area contributed by atoms with Gasteiger partial charge in [0.1, 0.15) is 0 Å². The van der Waals surface area contributed by atoms with Crippen LogP contribution < -0.4 is 10.6 Å². The second-order valence-electron chi connectivity index (χ2n) is 8.56. The molecule has 1 heterocycles. The van der Waals surface area contributed by atoms with Crippen LogP contribution in [0.2, 0.25) is 0 Å². The third-order valence-corrected chi connectivity index (χ3v) is 6.47. The molecule has 0 unspecified atom stereocenters. The molecule has 0 fully saturated rings. The zero-order valence-corrected chi connectivity index (χ0v) is 21.9. The van der Waals surface area contributed by atoms with Crippen LogP contribution in [0.5, 0.6) is 0 Å². The lowest BCUT2D eigenvalue weighted by atomic mass is 10.0. The van der Waals surface area contributed by atoms with Crippen LogP contribution in [0, 0.1) is 12.8 Å². The first kappa shape index (κ1) is 26.9. The van der Waals surface area contributed by atoms with Gasteiger partial charge in [-0.3, -0.25) is 9.59 Å². The number of nitrogens with zero attached hydrogens (tertiary/aromatic N) is 3. The Bertz CT molecular complexity index is 1220. The summed E-state index contributed by atoms with van der Waals surface area (Å²) in [6.45, 7) is 8.54. The molecule has 3 aromatic rings. The minimum absolute atomic E-state index is 0.0668. The fourth-order valence-corrected chi connectivity index (χ4v) is 4.37. The highest BCUT2D eigenvalue weighted by molar-refractivity contribution is 7.99. The molecule has 1 aromatic heterocycles. The fourth-order valence-electron chi connectivity index (χ4n) is 3.56. The summed E-state index contributed by atoms with van der Waals surface area (Å²) in [5.41, 5.74) is 2.52. The van der Waals surface area contributed by atoms with Crippen molar-refractivity contribution >= 4 is 35.2 Å². The van der Waals surface area contributed by atoms with Crippen molar-refractivity contribution in [1.82, 2.24) is 20.1 Å². The largest absolute Gasteiger partial charge is 0.465 e.